The van der Waals surface area contributed by atoms with Crippen LogP contribution < -0.4 is 0 Å². The van der Waals surface area contributed by atoms with Crippen LogP contribution >= 0.6 is 0 Å². The van der Waals surface area contributed by atoms with Gasteiger partial charge in [0.05, 0.1) is 12.9 Å². The Morgan fingerprint density at radius 1 is 1.44 bits per heavy atom. The van der Waals surface area contributed by atoms with Crippen LogP contribution in [0.2, 0.25) is 0 Å². The number of imidazole rings is 1. The number of esters is 1. The van der Waals surface area contributed by atoms with E-state index in [1.54, 1.807) is 19.4 Å². The van der Waals surface area contributed by atoms with Gasteiger partial charge >= 0.3 is 5.97 Å². The van der Waals surface area contributed by atoms with Crippen molar-refractivity contribution in [1.82, 2.24) is 9.55 Å². The number of aromatic nitrogens is 2. The van der Waals surface area contributed by atoms with Crippen LogP contribution in [0.1, 0.15) is 50.0 Å². The second kappa shape index (κ2) is 6.03. The van der Waals surface area contributed by atoms with Crippen LogP contribution in [0.15, 0.2) is 12.5 Å². The van der Waals surface area contributed by atoms with Gasteiger partial charge in [-0.25, -0.2) is 9.78 Å². The molecule has 100 valence electrons. The third-order valence-corrected chi connectivity index (χ3v) is 3.72. The highest BCUT2D eigenvalue weighted by Gasteiger charge is 2.19. The number of carbonyl (C=O) groups is 1. The van der Waals surface area contributed by atoms with Crippen LogP contribution in [0.25, 0.3) is 0 Å². The molecule has 0 aromatic carbocycles. The zero-order chi connectivity index (χ0) is 13.0. The minimum Gasteiger partial charge on any atom is -0.461 e. The van der Waals surface area contributed by atoms with Crippen LogP contribution in [-0.4, -0.2) is 22.1 Å². The Morgan fingerprint density at radius 3 is 2.83 bits per heavy atom. The Kier molecular flexibility index (Phi) is 4.39. The quantitative estimate of drug-likeness (QED) is 0.772. The SMILES string of the molecule is CCOC(=O)c1cn(CC2CCC(C)CC2)cn1. The van der Waals surface area contributed by atoms with Gasteiger partial charge in [-0.15, -0.1) is 0 Å². The van der Waals surface area contributed by atoms with Gasteiger partial charge in [0.25, 0.3) is 0 Å². The van der Waals surface area contributed by atoms with Crippen LogP contribution in [0.5, 0.6) is 0 Å². The lowest BCUT2D eigenvalue weighted by Crippen LogP contribution is -2.17. The molecule has 0 saturated heterocycles. The van der Waals surface area contributed by atoms with E-state index >= 15 is 0 Å². The average Bonchev–Trinajstić information content (AvgIpc) is 2.81. The molecule has 0 amide bonds. The van der Waals surface area contributed by atoms with Crippen molar-refractivity contribution in [3.05, 3.63) is 18.2 Å². The highest BCUT2D eigenvalue weighted by molar-refractivity contribution is 5.86. The fraction of sp³-hybridized carbons (Fsp3) is 0.714. The molecule has 1 aliphatic rings. The molecular formula is C14H22N2O2. The van der Waals surface area contributed by atoms with E-state index in [0.717, 1.165) is 18.4 Å². The maximum atomic E-state index is 11.5. The van der Waals surface area contributed by atoms with E-state index in [0.29, 0.717) is 12.3 Å². The lowest BCUT2D eigenvalue weighted by molar-refractivity contribution is 0.0520. The minimum absolute atomic E-state index is 0.325. The third kappa shape index (κ3) is 3.34. The molecule has 2 rings (SSSR count). The van der Waals surface area contributed by atoms with E-state index < -0.39 is 0 Å². The third-order valence-electron chi connectivity index (χ3n) is 3.72. The first-order valence-corrected chi connectivity index (χ1v) is 6.88. The van der Waals surface area contributed by atoms with Crippen molar-refractivity contribution in [3.8, 4) is 0 Å². The lowest BCUT2D eigenvalue weighted by atomic mass is 9.83. The number of nitrogens with zero attached hydrogens (tertiary/aromatic N) is 2. The first-order chi connectivity index (χ1) is 8.69. The summed E-state index contributed by atoms with van der Waals surface area (Å²) < 4.78 is 6.95. The summed E-state index contributed by atoms with van der Waals surface area (Å²) in [6.07, 6.45) is 8.76. The topological polar surface area (TPSA) is 44.1 Å². The van der Waals surface area contributed by atoms with Crippen molar-refractivity contribution in [2.24, 2.45) is 11.8 Å². The summed E-state index contributed by atoms with van der Waals surface area (Å²) in [5.74, 6) is 1.28. The first-order valence-electron chi connectivity index (χ1n) is 6.88. The second-order valence-electron chi connectivity index (χ2n) is 5.30. The van der Waals surface area contributed by atoms with Crippen LogP contribution in [-0.2, 0) is 11.3 Å². The van der Waals surface area contributed by atoms with E-state index in [9.17, 15) is 4.79 Å². The number of hydrogen-bond donors (Lipinski definition) is 0. The molecule has 1 heterocycles. The molecule has 0 atom stereocenters. The van der Waals surface area contributed by atoms with E-state index in [-0.39, 0.29) is 5.97 Å². The number of ether oxygens (including phenoxy) is 1. The highest BCUT2D eigenvalue weighted by atomic mass is 16.5. The molecule has 4 heteroatoms. The van der Waals surface area contributed by atoms with Crippen molar-refractivity contribution in [1.29, 1.82) is 0 Å². The maximum Gasteiger partial charge on any atom is 0.358 e. The zero-order valence-corrected chi connectivity index (χ0v) is 11.3. The van der Waals surface area contributed by atoms with Gasteiger partial charge in [-0.1, -0.05) is 19.8 Å². The molecule has 1 aromatic rings. The zero-order valence-electron chi connectivity index (χ0n) is 11.3. The van der Waals surface area contributed by atoms with Crippen molar-refractivity contribution < 1.29 is 9.53 Å². The highest BCUT2D eigenvalue weighted by Crippen LogP contribution is 2.29. The largest absolute Gasteiger partial charge is 0.461 e. The van der Waals surface area contributed by atoms with Crippen molar-refractivity contribution in [2.45, 2.75) is 46.1 Å². The van der Waals surface area contributed by atoms with Crippen LogP contribution in [0, 0.1) is 11.8 Å². The Labute approximate surface area is 108 Å². The molecule has 0 N–H and O–H groups in total. The van der Waals surface area contributed by atoms with Gasteiger partial charge in [-0.2, -0.15) is 0 Å². The molecule has 1 saturated carbocycles. The van der Waals surface area contributed by atoms with E-state index in [2.05, 4.69) is 11.9 Å². The summed E-state index contributed by atoms with van der Waals surface area (Å²) in [4.78, 5) is 15.6. The summed E-state index contributed by atoms with van der Waals surface area (Å²) in [6.45, 7) is 5.50. The maximum absolute atomic E-state index is 11.5. The number of hydrogen-bond acceptors (Lipinski definition) is 3. The van der Waals surface area contributed by atoms with Gasteiger partial charge in [0.15, 0.2) is 5.69 Å². The average molecular weight is 250 g/mol. The summed E-state index contributed by atoms with van der Waals surface area (Å²) in [5.41, 5.74) is 0.418. The molecule has 18 heavy (non-hydrogen) atoms. The standard InChI is InChI=1S/C14H22N2O2/c1-3-18-14(17)13-9-16(10-15-13)8-12-6-4-11(2)5-7-12/h9-12H,3-8H2,1-2H3. The van der Waals surface area contributed by atoms with Crippen molar-refractivity contribution in [3.63, 3.8) is 0 Å². The van der Waals surface area contributed by atoms with Gasteiger partial charge in [0.2, 0.25) is 0 Å². The molecule has 0 spiro atoms. The van der Waals surface area contributed by atoms with E-state index in [4.69, 9.17) is 4.74 Å². The Balaban J connectivity index is 1.88. The molecule has 0 bridgehead atoms. The number of rotatable bonds is 4. The number of carbonyl (C=O) groups excluding carboxylic acids is 1. The summed E-state index contributed by atoms with van der Waals surface area (Å²) in [7, 11) is 0. The Hall–Kier alpha value is -1.32. The molecule has 1 fully saturated rings. The van der Waals surface area contributed by atoms with E-state index in [1.165, 1.54) is 25.7 Å². The van der Waals surface area contributed by atoms with Crippen molar-refractivity contribution in [2.75, 3.05) is 6.61 Å². The summed E-state index contributed by atoms with van der Waals surface area (Å²) in [6, 6.07) is 0. The predicted molar refractivity (Wildman–Crippen MR) is 69.3 cm³/mol. The monoisotopic (exact) mass is 250 g/mol. The Morgan fingerprint density at radius 2 is 2.17 bits per heavy atom. The molecular weight excluding hydrogens is 228 g/mol. The first kappa shape index (κ1) is 13.1. The molecule has 0 unspecified atom stereocenters. The molecule has 0 aliphatic heterocycles. The van der Waals surface area contributed by atoms with Crippen LogP contribution in [0.4, 0.5) is 0 Å². The van der Waals surface area contributed by atoms with Gasteiger partial charge in [0, 0.05) is 12.7 Å². The Bertz CT molecular complexity index is 392. The van der Waals surface area contributed by atoms with Gasteiger partial charge in [-0.3, -0.25) is 0 Å². The molecule has 1 aliphatic carbocycles. The summed E-state index contributed by atoms with van der Waals surface area (Å²) in [5, 5.41) is 0. The molecule has 1 aromatic heterocycles. The predicted octanol–water partition coefficient (Wildman–Crippen LogP) is 2.89. The molecule has 4 nitrogen and oxygen atoms in total. The van der Waals surface area contributed by atoms with Gasteiger partial charge < -0.3 is 9.30 Å². The fourth-order valence-electron chi connectivity index (χ4n) is 2.58. The normalized spacial score (nSPS) is 23.9. The lowest BCUT2D eigenvalue weighted by Gasteiger charge is -2.26. The second-order valence-corrected chi connectivity index (χ2v) is 5.30. The smallest absolute Gasteiger partial charge is 0.358 e. The van der Waals surface area contributed by atoms with E-state index in [1.807, 2.05) is 4.57 Å². The minimum atomic E-state index is -0.325. The van der Waals surface area contributed by atoms with Gasteiger partial charge in [-0.05, 0) is 31.6 Å². The molecule has 0 radical (unpaired) electrons. The van der Waals surface area contributed by atoms with Crippen molar-refractivity contribution >= 4 is 5.97 Å². The van der Waals surface area contributed by atoms with Crippen LogP contribution in [0.3, 0.4) is 0 Å². The fourth-order valence-corrected chi connectivity index (χ4v) is 2.58. The van der Waals surface area contributed by atoms with Gasteiger partial charge in [0.1, 0.15) is 0 Å². The summed E-state index contributed by atoms with van der Waals surface area (Å²) >= 11 is 0.